The van der Waals surface area contributed by atoms with E-state index in [4.69, 9.17) is 25.8 Å². The average molecular weight is 561 g/mol. The molecule has 31 heavy (non-hydrogen) atoms. The lowest BCUT2D eigenvalue weighted by Crippen LogP contribution is -2.52. The summed E-state index contributed by atoms with van der Waals surface area (Å²) in [5.74, 6) is 2.74. The number of nitrogens with zero attached hydrogens (tertiary/aromatic N) is 3. The Hall–Kier alpha value is -2.07. The maximum Gasteiger partial charge on any atom is 0.203 e. The lowest BCUT2D eigenvalue weighted by atomic mass is 10.1. The summed E-state index contributed by atoms with van der Waals surface area (Å²) in [6.07, 6.45) is 0. The number of halogens is 2. The van der Waals surface area contributed by atoms with Crippen LogP contribution >= 0.6 is 35.6 Å². The second-order valence-electron chi connectivity index (χ2n) is 6.85. The van der Waals surface area contributed by atoms with Crippen LogP contribution < -0.4 is 24.4 Å². The highest BCUT2D eigenvalue weighted by Gasteiger charge is 2.21. The number of piperazine rings is 1. The Morgan fingerprint density at radius 1 is 1.00 bits per heavy atom. The molecule has 1 saturated heterocycles. The standard InChI is InChI=1S/C22H29ClN4O3.HI/c1-24-22(25-15-16-8-9-19(28-2)21(30-4)20(16)29-3)27-12-10-26(11-13-27)18-7-5-6-17(23)14-18;/h5-9,14H,10-13,15H2,1-4H3,(H,24,25);1H. The zero-order valence-corrected chi connectivity index (χ0v) is 21.4. The summed E-state index contributed by atoms with van der Waals surface area (Å²) in [4.78, 5) is 9.06. The third kappa shape index (κ3) is 6.00. The molecule has 1 N–H and O–H groups in total. The largest absolute Gasteiger partial charge is 0.493 e. The average Bonchev–Trinajstić information content (AvgIpc) is 2.79. The maximum absolute atomic E-state index is 6.14. The van der Waals surface area contributed by atoms with Gasteiger partial charge in [-0.05, 0) is 30.3 Å². The molecule has 0 saturated carbocycles. The molecule has 7 nitrogen and oxygen atoms in total. The molecule has 0 bridgehead atoms. The fraction of sp³-hybridized carbons (Fsp3) is 0.409. The molecule has 1 aliphatic heterocycles. The molecule has 0 unspecified atom stereocenters. The Kier molecular flexibility index (Phi) is 9.83. The first kappa shape index (κ1) is 25.2. The van der Waals surface area contributed by atoms with Gasteiger partial charge in [0.15, 0.2) is 17.5 Å². The van der Waals surface area contributed by atoms with Gasteiger partial charge >= 0.3 is 0 Å². The molecular weight excluding hydrogens is 531 g/mol. The minimum Gasteiger partial charge on any atom is -0.493 e. The van der Waals surface area contributed by atoms with Gasteiger partial charge in [-0.3, -0.25) is 4.99 Å². The highest BCUT2D eigenvalue weighted by Crippen LogP contribution is 2.39. The zero-order valence-electron chi connectivity index (χ0n) is 18.4. The number of methoxy groups -OCH3 is 3. The molecule has 3 rings (SSSR count). The Balaban J connectivity index is 0.00000341. The van der Waals surface area contributed by atoms with E-state index in [9.17, 15) is 0 Å². The van der Waals surface area contributed by atoms with E-state index in [1.165, 1.54) is 0 Å². The zero-order chi connectivity index (χ0) is 21.5. The number of benzene rings is 2. The normalized spacial score (nSPS) is 14.0. The fourth-order valence-corrected chi connectivity index (χ4v) is 3.84. The van der Waals surface area contributed by atoms with Gasteiger partial charge in [-0.15, -0.1) is 24.0 Å². The summed E-state index contributed by atoms with van der Waals surface area (Å²) in [5.41, 5.74) is 2.12. The summed E-state index contributed by atoms with van der Waals surface area (Å²) >= 11 is 6.14. The van der Waals surface area contributed by atoms with E-state index in [0.717, 1.165) is 48.4 Å². The van der Waals surface area contributed by atoms with E-state index in [1.807, 2.05) is 30.3 Å². The molecule has 2 aromatic rings. The van der Waals surface area contributed by atoms with E-state index in [-0.39, 0.29) is 24.0 Å². The molecular formula is C22H30ClIN4O3. The van der Waals surface area contributed by atoms with Crippen molar-refractivity contribution in [2.24, 2.45) is 4.99 Å². The number of ether oxygens (including phenoxy) is 3. The van der Waals surface area contributed by atoms with Gasteiger partial charge in [0, 0.05) is 56.0 Å². The quantitative estimate of drug-likeness (QED) is 0.329. The summed E-state index contributed by atoms with van der Waals surface area (Å²) in [6.45, 7) is 4.11. The molecule has 0 spiro atoms. The number of hydrogen-bond acceptors (Lipinski definition) is 5. The molecule has 1 heterocycles. The van der Waals surface area contributed by atoms with Crippen molar-refractivity contribution in [1.82, 2.24) is 10.2 Å². The molecule has 0 amide bonds. The minimum absolute atomic E-state index is 0. The van der Waals surface area contributed by atoms with Gasteiger partial charge in [-0.2, -0.15) is 0 Å². The Bertz CT molecular complexity index is 889. The molecule has 0 aromatic heterocycles. The number of hydrogen-bond donors (Lipinski definition) is 1. The molecule has 0 radical (unpaired) electrons. The van der Waals surface area contributed by atoms with Crippen molar-refractivity contribution >= 4 is 47.2 Å². The number of rotatable bonds is 6. The molecule has 0 atom stereocenters. The van der Waals surface area contributed by atoms with Gasteiger partial charge in [0.2, 0.25) is 5.75 Å². The Morgan fingerprint density at radius 3 is 2.29 bits per heavy atom. The number of nitrogens with one attached hydrogen (secondary N) is 1. The van der Waals surface area contributed by atoms with Gasteiger partial charge in [0.25, 0.3) is 0 Å². The van der Waals surface area contributed by atoms with E-state index in [2.05, 4.69) is 26.2 Å². The minimum atomic E-state index is 0. The van der Waals surface area contributed by atoms with Crippen molar-refractivity contribution in [2.45, 2.75) is 6.54 Å². The first-order valence-electron chi connectivity index (χ1n) is 9.85. The molecule has 170 valence electrons. The van der Waals surface area contributed by atoms with Crippen LogP contribution in [0.3, 0.4) is 0 Å². The van der Waals surface area contributed by atoms with Crippen molar-refractivity contribution in [3.63, 3.8) is 0 Å². The van der Waals surface area contributed by atoms with Gasteiger partial charge in [0.1, 0.15) is 0 Å². The highest BCUT2D eigenvalue weighted by atomic mass is 127. The summed E-state index contributed by atoms with van der Waals surface area (Å²) < 4.78 is 16.4. The lowest BCUT2D eigenvalue weighted by Gasteiger charge is -2.37. The lowest BCUT2D eigenvalue weighted by molar-refractivity contribution is 0.321. The van der Waals surface area contributed by atoms with Gasteiger partial charge in [-0.25, -0.2) is 0 Å². The number of anilines is 1. The SMILES string of the molecule is CN=C(NCc1ccc(OC)c(OC)c1OC)N1CCN(c2cccc(Cl)c2)CC1.I. The van der Waals surface area contributed by atoms with Crippen molar-refractivity contribution in [1.29, 1.82) is 0 Å². The number of aliphatic imine (C=N–C) groups is 1. The maximum atomic E-state index is 6.14. The molecule has 2 aromatic carbocycles. The monoisotopic (exact) mass is 560 g/mol. The predicted molar refractivity (Wildman–Crippen MR) is 137 cm³/mol. The van der Waals surface area contributed by atoms with E-state index < -0.39 is 0 Å². The molecule has 1 aliphatic rings. The van der Waals surface area contributed by atoms with Gasteiger partial charge in [0.05, 0.1) is 21.3 Å². The molecule has 9 heteroatoms. The number of guanidine groups is 1. The van der Waals surface area contributed by atoms with Crippen LogP contribution in [0, 0.1) is 0 Å². The Morgan fingerprint density at radius 2 is 1.71 bits per heavy atom. The van der Waals surface area contributed by atoms with Crippen LogP contribution in [0.1, 0.15) is 5.56 Å². The van der Waals surface area contributed by atoms with Crippen LogP contribution in [0.25, 0.3) is 0 Å². The van der Waals surface area contributed by atoms with Crippen molar-refractivity contribution < 1.29 is 14.2 Å². The predicted octanol–water partition coefficient (Wildman–Crippen LogP) is 3.88. The smallest absolute Gasteiger partial charge is 0.203 e. The molecule has 0 aliphatic carbocycles. The third-order valence-corrected chi connectivity index (χ3v) is 5.42. The first-order chi connectivity index (χ1) is 14.6. The van der Waals surface area contributed by atoms with Crippen LogP contribution in [0.2, 0.25) is 5.02 Å². The van der Waals surface area contributed by atoms with Crippen molar-refractivity contribution in [3.8, 4) is 17.2 Å². The van der Waals surface area contributed by atoms with Crippen LogP contribution in [0.4, 0.5) is 5.69 Å². The van der Waals surface area contributed by atoms with Gasteiger partial charge < -0.3 is 29.3 Å². The Labute approximate surface area is 206 Å². The van der Waals surface area contributed by atoms with Crippen molar-refractivity contribution in [3.05, 3.63) is 47.0 Å². The molecule has 1 fully saturated rings. The van der Waals surface area contributed by atoms with Gasteiger partial charge in [-0.1, -0.05) is 17.7 Å². The van der Waals surface area contributed by atoms with Crippen LogP contribution in [-0.2, 0) is 6.54 Å². The van der Waals surface area contributed by atoms with E-state index in [1.54, 1.807) is 28.4 Å². The topological polar surface area (TPSA) is 58.6 Å². The highest BCUT2D eigenvalue weighted by molar-refractivity contribution is 14.0. The van der Waals surface area contributed by atoms with Crippen LogP contribution in [0.5, 0.6) is 17.2 Å². The van der Waals surface area contributed by atoms with Crippen LogP contribution in [-0.4, -0.2) is 65.4 Å². The van der Waals surface area contributed by atoms with E-state index in [0.29, 0.717) is 23.8 Å². The summed E-state index contributed by atoms with van der Waals surface area (Å²) in [7, 11) is 6.65. The van der Waals surface area contributed by atoms with Crippen molar-refractivity contribution in [2.75, 3.05) is 59.5 Å². The summed E-state index contributed by atoms with van der Waals surface area (Å²) in [6, 6.07) is 11.8. The third-order valence-electron chi connectivity index (χ3n) is 5.19. The summed E-state index contributed by atoms with van der Waals surface area (Å²) in [5, 5.41) is 4.20. The first-order valence-corrected chi connectivity index (χ1v) is 10.2. The second kappa shape index (κ2) is 12.1. The van der Waals surface area contributed by atoms with E-state index >= 15 is 0 Å². The van der Waals surface area contributed by atoms with Crippen LogP contribution in [0.15, 0.2) is 41.4 Å². The fourth-order valence-electron chi connectivity index (χ4n) is 3.66. The second-order valence-corrected chi connectivity index (χ2v) is 7.28.